The first-order valence-corrected chi connectivity index (χ1v) is 8.99. The Morgan fingerprint density at radius 3 is 2.24 bits per heavy atom. The molecular formula is C17H36N4O4+2. The highest BCUT2D eigenvalue weighted by Crippen LogP contribution is 2.26. The van der Waals surface area contributed by atoms with Crippen LogP contribution in [0.25, 0.3) is 0 Å². The molecule has 1 aliphatic carbocycles. The molecule has 1 fully saturated rings. The molecule has 1 N–H and O–H groups in total. The van der Waals surface area contributed by atoms with Crippen molar-refractivity contribution < 1.29 is 23.8 Å². The van der Waals surface area contributed by atoms with Gasteiger partial charge in [-0.15, -0.1) is 5.01 Å². The van der Waals surface area contributed by atoms with Gasteiger partial charge in [0.25, 0.3) is 4.98 Å². The maximum atomic E-state index is 12.1. The fourth-order valence-corrected chi connectivity index (χ4v) is 2.41. The van der Waals surface area contributed by atoms with Gasteiger partial charge >= 0.3 is 5.97 Å². The van der Waals surface area contributed by atoms with Crippen LogP contribution in [0.2, 0.25) is 0 Å². The lowest BCUT2D eigenvalue weighted by atomic mass is 9.87. The number of hydrogen-bond acceptors (Lipinski definition) is 4. The monoisotopic (exact) mass is 360 g/mol. The zero-order valence-electron chi connectivity index (χ0n) is 16.9. The fraction of sp³-hybridized carbons (Fsp3) is 0.941. The number of nitrogens with zero attached hydrogens (tertiary/aromatic N) is 3. The van der Waals surface area contributed by atoms with Crippen LogP contribution in [-0.4, -0.2) is 73.4 Å². The molecule has 1 rings (SSSR count). The zero-order valence-corrected chi connectivity index (χ0v) is 16.9. The van der Waals surface area contributed by atoms with Crippen molar-refractivity contribution in [3.8, 4) is 0 Å². The minimum Gasteiger partial charge on any atom is -0.459 e. The molecule has 0 heterocycles. The summed E-state index contributed by atoms with van der Waals surface area (Å²) in [4.78, 5) is 30.1. The molecule has 0 atom stereocenters. The van der Waals surface area contributed by atoms with Crippen LogP contribution in [0.5, 0.6) is 0 Å². The molecule has 0 aliphatic heterocycles. The first kappa shape index (κ1) is 21.6. The molecule has 0 unspecified atom stereocenters. The summed E-state index contributed by atoms with van der Waals surface area (Å²) in [6.07, 6.45) is 2.84. The summed E-state index contributed by atoms with van der Waals surface area (Å²) in [7, 11) is 7.91. The summed E-state index contributed by atoms with van der Waals surface area (Å²) in [5, 5.41) is 1.52. The summed E-state index contributed by atoms with van der Waals surface area (Å²) >= 11 is 0. The van der Waals surface area contributed by atoms with Crippen LogP contribution in [0.4, 0.5) is 0 Å². The quantitative estimate of drug-likeness (QED) is 0.307. The Kier molecular flexibility index (Phi) is 7.62. The molecule has 0 bridgehead atoms. The van der Waals surface area contributed by atoms with Gasteiger partial charge in [0.15, 0.2) is 0 Å². The molecule has 25 heavy (non-hydrogen) atoms. The molecule has 0 spiro atoms. The van der Waals surface area contributed by atoms with E-state index in [0.29, 0.717) is 11.6 Å². The SMILES string of the molecule is CN([N+](=O)NOC1CCC(C(=O)OCC[N+](C)(C)C)CC1)C(C)(C)C. The summed E-state index contributed by atoms with van der Waals surface area (Å²) in [6, 6.07) is 0. The average molecular weight is 360 g/mol. The Morgan fingerprint density at radius 1 is 1.20 bits per heavy atom. The van der Waals surface area contributed by atoms with Gasteiger partial charge < -0.3 is 9.22 Å². The zero-order chi connectivity index (χ0) is 19.3. The van der Waals surface area contributed by atoms with Crippen LogP contribution in [-0.2, 0) is 14.4 Å². The molecule has 1 saturated carbocycles. The van der Waals surface area contributed by atoms with Crippen LogP contribution in [0.3, 0.4) is 0 Å². The van der Waals surface area contributed by atoms with Gasteiger partial charge in [-0.1, -0.05) is 0 Å². The van der Waals surface area contributed by atoms with Crippen LogP contribution in [0.15, 0.2) is 0 Å². The molecular weight excluding hydrogens is 324 g/mol. The maximum Gasteiger partial charge on any atom is 0.309 e. The molecule has 0 aromatic heterocycles. The summed E-state index contributed by atoms with van der Waals surface area (Å²) in [5.41, 5.74) is 2.14. The van der Waals surface area contributed by atoms with Crippen molar-refractivity contribution in [3.63, 3.8) is 0 Å². The fourth-order valence-electron chi connectivity index (χ4n) is 2.41. The van der Waals surface area contributed by atoms with Gasteiger partial charge in [0.2, 0.25) is 0 Å². The molecule has 0 saturated heterocycles. The Balaban J connectivity index is 2.27. The highest BCUT2D eigenvalue weighted by atomic mass is 16.7. The van der Waals surface area contributed by atoms with E-state index in [4.69, 9.17) is 9.57 Å². The number of nitroso groups, excluding NO2 is 1. The van der Waals surface area contributed by atoms with Crippen molar-refractivity contribution in [1.29, 1.82) is 0 Å². The number of carbonyl (C=O) groups excluding carboxylic acids is 1. The second-order valence-corrected chi connectivity index (χ2v) is 8.83. The second-order valence-electron chi connectivity index (χ2n) is 8.83. The van der Waals surface area contributed by atoms with E-state index in [2.05, 4.69) is 26.7 Å². The van der Waals surface area contributed by atoms with E-state index in [1.54, 1.807) is 7.05 Å². The third-order valence-electron chi connectivity index (χ3n) is 4.55. The number of likely N-dealkylation sites (N-methyl/N-ethyl adjacent to an activating group) is 1. The molecule has 8 nitrogen and oxygen atoms in total. The molecule has 0 amide bonds. The van der Waals surface area contributed by atoms with Crippen LogP contribution in [0, 0.1) is 10.8 Å². The Labute approximate surface area is 151 Å². The van der Waals surface area contributed by atoms with E-state index < -0.39 is 0 Å². The minimum absolute atomic E-state index is 0.0621. The molecule has 0 radical (unpaired) electrons. The molecule has 8 heteroatoms. The standard InChI is InChI=1S/C17H36N4O4/c1-17(2,3)19(4)20(23)18-25-15-10-8-14(9-11-15)16(22)24-13-12-21(5,6)7/h14-15H,8-13H2,1-7H3,(H,18,23)/q+2. The summed E-state index contributed by atoms with van der Waals surface area (Å²) in [5.74, 6) is -0.175. The number of hydrogen-bond donors (Lipinski definition) is 1. The maximum absolute atomic E-state index is 12.1. The predicted octanol–water partition coefficient (Wildman–Crippen LogP) is 1.66. The van der Waals surface area contributed by atoms with Crippen molar-refractivity contribution in [1.82, 2.24) is 10.6 Å². The number of hydrazine groups is 2. The minimum atomic E-state index is -0.300. The van der Waals surface area contributed by atoms with Gasteiger partial charge in [-0.25, -0.2) is 4.84 Å². The van der Waals surface area contributed by atoms with Crippen molar-refractivity contribution in [2.24, 2.45) is 5.92 Å². The van der Waals surface area contributed by atoms with Gasteiger partial charge in [-0.2, -0.15) is 0 Å². The lowest BCUT2D eigenvalue weighted by Crippen LogP contribution is -2.50. The van der Waals surface area contributed by atoms with E-state index in [0.717, 1.165) is 36.7 Å². The third kappa shape index (κ3) is 8.00. The van der Waals surface area contributed by atoms with Gasteiger partial charge in [0.05, 0.1) is 50.7 Å². The highest BCUT2D eigenvalue weighted by Gasteiger charge is 2.32. The number of quaternary nitrogens is 1. The highest BCUT2D eigenvalue weighted by molar-refractivity contribution is 5.72. The Hall–Kier alpha value is -1.41. The number of ether oxygens (including phenoxy) is 1. The van der Waals surface area contributed by atoms with Crippen molar-refractivity contribution in [2.75, 3.05) is 41.3 Å². The van der Waals surface area contributed by atoms with E-state index >= 15 is 0 Å². The van der Waals surface area contributed by atoms with Gasteiger partial charge in [-0.05, 0) is 46.5 Å². The van der Waals surface area contributed by atoms with E-state index in [1.807, 2.05) is 20.8 Å². The van der Waals surface area contributed by atoms with Crippen molar-refractivity contribution in [2.45, 2.75) is 58.1 Å². The largest absolute Gasteiger partial charge is 0.459 e. The molecule has 146 valence electrons. The lowest BCUT2D eigenvalue weighted by Gasteiger charge is -2.27. The van der Waals surface area contributed by atoms with Crippen molar-refractivity contribution >= 4 is 5.97 Å². The van der Waals surface area contributed by atoms with Gasteiger partial charge in [0.1, 0.15) is 13.2 Å². The summed E-state index contributed by atoms with van der Waals surface area (Å²) in [6.45, 7) is 7.07. The van der Waals surface area contributed by atoms with Crippen LogP contribution < -0.4 is 5.59 Å². The Bertz CT molecular complexity index is 449. The van der Waals surface area contributed by atoms with Crippen molar-refractivity contribution in [3.05, 3.63) is 4.91 Å². The molecule has 0 aromatic carbocycles. The first-order valence-electron chi connectivity index (χ1n) is 8.99. The number of carbonyl (C=O) groups is 1. The number of esters is 1. The third-order valence-corrected chi connectivity index (χ3v) is 4.55. The average Bonchev–Trinajstić information content (AvgIpc) is 2.50. The predicted molar refractivity (Wildman–Crippen MR) is 95.0 cm³/mol. The van der Waals surface area contributed by atoms with E-state index in [9.17, 15) is 9.70 Å². The van der Waals surface area contributed by atoms with E-state index in [-0.39, 0.29) is 23.5 Å². The van der Waals surface area contributed by atoms with Gasteiger partial charge in [0, 0.05) is 5.59 Å². The topological polar surface area (TPSA) is 70.9 Å². The summed E-state index contributed by atoms with van der Waals surface area (Å²) < 4.78 is 6.16. The number of nitrogens with one attached hydrogen (secondary N) is 1. The lowest BCUT2D eigenvalue weighted by molar-refractivity contribution is -0.870. The van der Waals surface area contributed by atoms with Gasteiger partial charge in [-0.3, -0.25) is 4.79 Å². The van der Waals surface area contributed by atoms with Crippen LogP contribution in [0.1, 0.15) is 46.5 Å². The smallest absolute Gasteiger partial charge is 0.309 e. The second kappa shape index (κ2) is 8.80. The Morgan fingerprint density at radius 2 is 1.76 bits per heavy atom. The number of rotatable bonds is 8. The van der Waals surface area contributed by atoms with E-state index in [1.165, 1.54) is 5.01 Å². The van der Waals surface area contributed by atoms with Crippen LogP contribution >= 0.6 is 0 Å². The molecule has 1 aliphatic rings. The first-order chi connectivity index (χ1) is 11.4. The molecule has 0 aromatic rings. The normalized spacial score (nSPS) is 21.6.